The molecule has 0 aromatic heterocycles. The number of alkyl halides is 3. The molecule has 0 spiro atoms. The first-order valence-electron chi connectivity index (χ1n) is 2.64. The van der Waals surface area contributed by atoms with Crippen molar-refractivity contribution in [3.63, 3.8) is 0 Å². The summed E-state index contributed by atoms with van der Waals surface area (Å²) in [6, 6.07) is 0. The van der Waals surface area contributed by atoms with Gasteiger partial charge in [0, 0.05) is 0 Å². The van der Waals surface area contributed by atoms with Crippen molar-refractivity contribution in [2.45, 2.75) is 6.18 Å². The SMILES string of the molecule is C=COCC=C(F)C(F)(F)F. The highest BCUT2D eigenvalue weighted by atomic mass is 19.4. The van der Waals surface area contributed by atoms with E-state index in [1.807, 2.05) is 0 Å². The van der Waals surface area contributed by atoms with Gasteiger partial charge in [0.2, 0.25) is 5.83 Å². The molecule has 0 bridgehead atoms. The van der Waals surface area contributed by atoms with E-state index in [1.54, 1.807) is 0 Å². The minimum atomic E-state index is -4.91. The van der Waals surface area contributed by atoms with Gasteiger partial charge in [0.25, 0.3) is 0 Å². The molecule has 0 heterocycles. The molecule has 0 radical (unpaired) electrons. The van der Waals surface area contributed by atoms with Gasteiger partial charge in [-0.25, -0.2) is 4.39 Å². The molecule has 0 saturated heterocycles. The standard InChI is InChI=1S/C6H6F4O/c1-2-11-4-3-5(7)6(8,9)10/h2-3H,1,4H2. The molecule has 0 fully saturated rings. The van der Waals surface area contributed by atoms with Crippen LogP contribution in [-0.2, 0) is 4.74 Å². The van der Waals surface area contributed by atoms with Crippen LogP contribution in [0.4, 0.5) is 17.6 Å². The third-order valence-corrected chi connectivity index (χ3v) is 0.747. The molecule has 0 saturated carbocycles. The van der Waals surface area contributed by atoms with Gasteiger partial charge in [0.1, 0.15) is 6.61 Å². The zero-order valence-electron chi connectivity index (χ0n) is 5.49. The zero-order chi connectivity index (χ0) is 8.91. The number of rotatable bonds is 3. The number of hydrogen-bond acceptors (Lipinski definition) is 1. The maximum atomic E-state index is 11.9. The van der Waals surface area contributed by atoms with E-state index >= 15 is 0 Å². The Morgan fingerprint density at radius 1 is 1.45 bits per heavy atom. The van der Waals surface area contributed by atoms with E-state index in [4.69, 9.17) is 0 Å². The second-order valence-corrected chi connectivity index (χ2v) is 1.55. The van der Waals surface area contributed by atoms with Gasteiger partial charge in [0.15, 0.2) is 0 Å². The first-order chi connectivity index (χ1) is 4.98. The van der Waals surface area contributed by atoms with E-state index in [2.05, 4.69) is 11.3 Å². The van der Waals surface area contributed by atoms with Gasteiger partial charge in [-0.1, -0.05) is 6.58 Å². The molecule has 0 aromatic carbocycles. The van der Waals surface area contributed by atoms with Crippen LogP contribution < -0.4 is 0 Å². The monoisotopic (exact) mass is 170 g/mol. The Balaban J connectivity index is 3.90. The average Bonchev–Trinajstić information content (AvgIpc) is 1.86. The molecule has 0 rings (SSSR count). The van der Waals surface area contributed by atoms with Crippen molar-refractivity contribution >= 4 is 0 Å². The topological polar surface area (TPSA) is 9.23 Å². The van der Waals surface area contributed by atoms with Crippen LogP contribution in [-0.4, -0.2) is 12.8 Å². The van der Waals surface area contributed by atoms with Gasteiger partial charge in [-0.2, -0.15) is 13.2 Å². The summed E-state index contributed by atoms with van der Waals surface area (Å²) in [6.45, 7) is 2.60. The van der Waals surface area contributed by atoms with E-state index in [-0.39, 0.29) is 0 Å². The number of allylic oxidation sites excluding steroid dienone is 1. The molecule has 0 aliphatic heterocycles. The first kappa shape index (κ1) is 10.0. The summed E-state index contributed by atoms with van der Waals surface area (Å²) < 4.78 is 50.2. The van der Waals surface area contributed by atoms with Gasteiger partial charge in [0.05, 0.1) is 6.26 Å². The smallest absolute Gasteiger partial charge is 0.442 e. The van der Waals surface area contributed by atoms with Gasteiger partial charge in [-0.05, 0) is 6.08 Å². The third-order valence-electron chi connectivity index (χ3n) is 0.747. The van der Waals surface area contributed by atoms with E-state index in [0.717, 1.165) is 6.26 Å². The van der Waals surface area contributed by atoms with Crippen LogP contribution in [0.1, 0.15) is 0 Å². The third kappa shape index (κ3) is 4.41. The lowest BCUT2D eigenvalue weighted by molar-refractivity contribution is -0.109. The number of ether oxygens (including phenoxy) is 1. The van der Waals surface area contributed by atoms with Crippen LogP contribution >= 0.6 is 0 Å². The summed E-state index contributed by atoms with van der Waals surface area (Å²) in [5.41, 5.74) is 0. The van der Waals surface area contributed by atoms with Crippen LogP contribution in [0.15, 0.2) is 24.7 Å². The van der Waals surface area contributed by atoms with Crippen LogP contribution in [0, 0.1) is 0 Å². The summed E-state index contributed by atoms with van der Waals surface area (Å²) in [5, 5.41) is 0. The fraction of sp³-hybridized carbons (Fsp3) is 0.333. The van der Waals surface area contributed by atoms with Crippen molar-refractivity contribution in [1.82, 2.24) is 0 Å². The number of halogens is 4. The Morgan fingerprint density at radius 3 is 2.36 bits per heavy atom. The fourth-order valence-electron chi connectivity index (χ4n) is 0.305. The van der Waals surface area contributed by atoms with E-state index < -0.39 is 18.6 Å². The highest BCUT2D eigenvalue weighted by molar-refractivity contribution is 4.98. The van der Waals surface area contributed by atoms with Crippen molar-refractivity contribution in [3.8, 4) is 0 Å². The molecule has 11 heavy (non-hydrogen) atoms. The quantitative estimate of drug-likeness (QED) is 0.359. The second-order valence-electron chi connectivity index (χ2n) is 1.55. The average molecular weight is 170 g/mol. The minimum absolute atomic E-state index is 0.293. The van der Waals surface area contributed by atoms with Crippen LogP contribution in [0.5, 0.6) is 0 Å². The fourth-order valence-corrected chi connectivity index (χ4v) is 0.305. The van der Waals surface area contributed by atoms with E-state index in [1.165, 1.54) is 0 Å². The Hall–Kier alpha value is -1.00. The highest BCUT2D eigenvalue weighted by Crippen LogP contribution is 2.25. The molecule has 0 aliphatic carbocycles. The van der Waals surface area contributed by atoms with Crippen molar-refractivity contribution in [2.24, 2.45) is 0 Å². The lowest BCUT2D eigenvalue weighted by Crippen LogP contribution is -2.08. The Labute approximate surface area is 61.0 Å². The van der Waals surface area contributed by atoms with Crippen molar-refractivity contribution < 1.29 is 22.3 Å². The Kier molecular flexibility index (Phi) is 3.64. The maximum Gasteiger partial charge on any atom is 0.442 e. The summed E-state index contributed by atoms with van der Waals surface area (Å²) in [4.78, 5) is 0. The maximum absolute atomic E-state index is 11.9. The van der Waals surface area contributed by atoms with Crippen LogP contribution in [0.3, 0.4) is 0 Å². The Morgan fingerprint density at radius 2 is 2.00 bits per heavy atom. The Bertz CT molecular complexity index is 158. The summed E-state index contributed by atoms with van der Waals surface area (Å²) in [7, 11) is 0. The predicted molar refractivity (Wildman–Crippen MR) is 31.4 cm³/mol. The molecule has 0 N–H and O–H groups in total. The molecule has 0 unspecified atom stereocenters. The van der Waals surface area contributed by atoms with E-state index in [9.17, 15) is 17.6 Å². The number of hydrogen-bond donors (Lipinski definition) is 0. The molecule has 0 aromatic rings. The molecule has 0 atom stereocenters. The molecule has 0 aliphatic rings. The zero-order valence-corrected chi connectivity index (χ0v) is 5.49. The summed E-state index contributed by atoms with van der Waals surface area (Å²) in [6.07, 6.45) is -3.69. The molecule has 1 nitrogen and oxygen atoms in total. The van der Waals surface area contributed by atoms with E-state index in [0.29, 0.717) is 6.08 Å². The van der Waals surface area contributed by atoms with Crippen LogP contribution in [0.25, 0.3) is 0 Å². The van der Waals surface area contributed by atoms with Crippen molar-refractivity contribution in [1.29, 1.82) is 0 Å². The van der Waals surface area contributed by atoms with Gasteiger partial charge in [-0.15, -0.1) is 0 Å². The van der Waals surface area contributed by atoms with Gasteiger partial charge < -0.3 is 4.74 Å². The van der Waals surface area contributed by atoms with Crippen LogP contribution in [0.2, 0.25) is 0 Å². The molecule has 5 heteroatoms. The second kappa shape index (κ2) is 4.00. The van der Waals surface area contributed by atoms with Crippen molar-refractivity contribution in [2.75, 3.05) is 6.61 Å². The summed E-state index contributed by atoms with van der Waals surface area (Å²) in [5.74, 6) is -2.15. The highest BCUT2D eigenvalue weighted by Gasteiger charge is 2.34. The molecule has 64 valence electrons. The summed E-state index contributed by atoms with van der Waals surface area (Å²) >= 11 is 0. The van der Waals surface area contributed by atoms with Gasteiger partial charge >= 0.3 is 6.18 Å². The molecule has 0 amide bonds. The molecular weight excluding hydrogens is 164 g/mol. The molecular formula is C6H6F4O. The largest absolute Gasteiger partial charge is 0.498 e. The normalized spacial score (nSPS) is 12.9. The minimum Gasteiger partial charge on any atom is -0.498 e. The lowest BCUT2D eigenvalue weighted by Gasteiger charge is -2.01. The van der Waals surface area contributed by atoms with Crippen molar-refractivity contribution in [3.05, 3.63) is 24.7 Å². The lowest BCUT2D eigenvalue weighted by atomic mass is 10.5. The predicted octanol–water partition coefficient (Wildman–Crippen LogP) is 2.56. The van der Waals surface area contributed by atoms with Gasteiger partial charge in [-0.3, -0.25) is 0 Å². The first-order valence-corrected chi connectivity index (χ1v) is 2.64.